The molecule has 0 amide bonds. The molecule has 1 aliphatic heterocycles. The van der Waals surface area contributed by atoms with Crippen molar-refractivity contribution in [2.45, 2.75) is 37.3 Å². The van der Waals surface area contributed by atoms with E-state index >= 15 is 0 Å². The molecular weight excluding hydrogens is 296 g/mol. The van der Waals surface area contributed by atoms with Gasteiger partial charge in [-0.2, -0.15) is 0 Å². The molecule has 3 heteroatoms. The molecule has 1 unspecified atom stereocenters. The van der Waals surface area contributed by atoms with Crippen LogP contribution in [0.5, 0.6) is 0 Å². The van der Waals surface area contributed by atoms with Gasteiger partial charge in [-0.25, -0.2) is 0 Å². The van der Waals surface area contributed by atoms with E-state index in [1.54, 1.807) is 0 Å². The number of anilines is 1. The number of para-hydroxylation sites is 1. The Hall–Kier alpha value is -1.84. The highest BCUT2D eigenvalue weighted by Crippen LogP contribution is 2.36. The Kier molecular flexibility index (Phi) is 4.30. The molecule has 0 bridgehead atoms. The molecule has 1 aliphatic carbocycles. The standard InChI is InChI=1S/C21H26N2O/c24-21(13-10-17-6-4-5-9-20(17)21)16-22-18-11-14-23(15-12-18)19-7-2-1-3-8-19/h1-9,18,22,24H,10-16H2. The summed E-state index contributed by atoms with van der Waals surface area (Å²) < 4.78 is 0. The summed E-state index contributed by atoms with van der Waals surface area (Å²) in [7, 11) is 0. The first kappa shape index (κ1) is 15.7. The summed E-state index contributed by atoms with van der Waals surface area (Å²) >= 11 is 0. The summed E-state index contributed by atoms with van der Waals surface area (Å²) in [6.45, 7) is 2.83. The van der Waals surface area contributed by atoms with Gasteiger partial charge >= 0.3 is 0 Å². The van der Waals surface area contributed by atoms with E-state index in [2.05, 4.69) is 58.7 Å². The quantitative estimate of drug-likeness (QED) is 0.908. The van der Waals surface area contributed by atoms with Crippen molar-refractivity contribution in [3.63, 3.8) is 0 Å². The van der Waals surface area contributed by atoms with Crippen molar-refractivity contribution >= 4 is 5.69 Å². The van der Waals surface area contributed by atoms with Crippen molar-refractivity contribution in [2.24, 2.45) is 0 Å². The van der Waals surface area contributed by atoms with Crippen molar-refractivity contribution in [3.8, 4) is 0 Å². The number of aryl methyl sites for hydroxylation is 1. The van der Waals surface area contributed by atoms with Crippen LogP contribution in [0.15, 0.2) is 54.6 Å². The SMILES string of the molecule is OC1(CNC2CCN(c3ccccc3)CC2)CCc2ccccc21. The predicted molar refractivity (Wildman–Crippen MR) is 98.3 cm³/mol. The lowest BCUT2D eigenvalue weighted by Gasteiger charge is -2.35. The lowest BCUT2D eigenvalue weighted by Crippen LogP contribution is -2.47. The van der Waals surface area contributed by atoms with Gasteiger partial charge in [0.25, 0.3) is 0 Å². The minimum absolute atomic E-state index is 0.502. The molecule has 2 aromatic carbocycles. The number of piperidine rings is 1. The molecule has 24 heavy (non-hydrogen) atoms. The highest BCUT2D eigenvalue weighted by atomic mass is 16.3. The molecule has 1 atom stereocenters. The molecule has 0 radical (unpaired) electrons. The highest BCUT2D eigenvalue weighted by molar-refractivity contribution is 5.46. The zero-order chi connectivity index (χ0) is 16.4. The predicted octanol–water partition coefficient (Wildman–Crippen LogP) is 3.08. The fourth-order valence-electron chi connectivity index (χ4n) is 4.15. The zero-order valence-electron chi connectivity index (χ0n) is 14.1. The average molecular weight is 322 g/mol. The summed E-state index contributed by atoms with van der Waals surface area (Å²) in [5.41, 5.74) is 3.06. The second kappa shape index (κ2) is 6.58. The molecule has 0 saturated carbocycles. The van der Waals surface area contributed by atoms with E-state index in [1.165, 1.54) is 11.3 Å². The van der Waals surface area contributed by atoms with Crippen LogP contribution >= 0.6 is 0 Å². The number of benzene rings is 2. The monoisotopic (exact) mass is 322 g/mol. The molecule has 126 valence electrons. The van der Waals surface area contributed by atoms with Gasteiger partial charge in [0, 0.05) is 31.4 Å². The minimum Gasteiger partial charge on any atom is -0.384 e. The maximum absolute atomic E-state index is 11.0. The van der Waals surface area contributed by atoms with Gasteiger partial charge < -0.3 is 15.3 Å². The Morgan fingerprint density at radius 3 is 2.50 bits per heavy atom. The van der Waals surface area contributed by atoms with Crippen LogP contribution in [0.25, 0.3) is 0 Å². The number of nitrogens with one attached hydrogen (secondary N) is 1. The van der Waals surface area contributed by atoms with Crippen LogP contribution in [0.3, 0.4) is 0 Å². The third-order valence-electron chi connectivity index (χ3n) is 5.63. The molecule has 2 aromatic rings. The molecule has 2 N–H and O–H groups in total. The van der Waals surface area contributed by atoms with Crippen molar-refractivity contribution in [2.75, 3.05) is 24.5 Å². The van der Waals surface area contributed by atoms with Crippen LogP contribution in [0.2, 0.25) is 0 Å². The second-order valence-electron chi connectivity index (χ2n) is 7.17. The Balaban J connectivity index is 1.32. The average Bonchev–Trinajstić information content (AvgIpc) is 2.99. The van der Waals surface area contributed by atoms with Gasteiger partial charge in [-0.3, -0.25) is 0 Å². The topological polar surface area (TPSA) is 35.5 Å². The van der Waals surface area contributed by atoms with Gasteiger partial charge in [0.2, 0.25) is 0 Å². The normalized spacial score (nSPS) is 24.1. The second-order valence-corrected chi connectivity index (χ2v) is 7.17. The third-order valence-corrected chi connectivity index (χ3v) is 5.63. The lowest BCUT2D eigenvalue weighted by atomic mass is 9.94. The number of rotatable bonds is 4. The van der Waals surface area contributed by atoms with Crippen LogP contribution in [-0.4, -0.2) is 30.8 Å². The van der Waals surface area contributed by atoms with Gasteiger partial charge in [0.15, 0.2) is 0 Å². The molecular formula is C21H26N2O. The molecule has 0 aromatic heterocycles. The van der Waals surface area contributed by atoms with Crippen molar-refractivity contribution in [1.29, 1.82) is 0 Å². The molecule has 4 rings (SSSR count). The number of hydrogen-bond acceptors (Lipinski definition) is 3. The lowest BCUT2D eigenvalue weighted by molar-refractivity contribution is 0.0350. The van der Waals surface area contributed by atoms with E-state index in [1.807, 2.05) is 6.07 Å². The number of fused-ring (bicyclic) bond motifs is 1. The summed E-state index contributed by atoms with van der Waals surface area (Å²) in [6.07, 6.45) is 4.09. The Morgan fingerprint density at radius 1 is 1.00 bits per heavy atom. The van der Waals surface area contributed by atoms with E-state index in [0.29, 0.717) is 12.6 Å². The van der Waals surface area contributed by atoms with Gasteiger partial charge in [0.05, 0.1) is 0 Å². The van der Waals surface area contributed by atoms with Gasteiger partial charge in [-0.1, -0.05) is 42.5 Å². The third kappa shape index (κ3) is 3.06. The van der Waals surface area contributed by atoms with Gasteiger partial charge in [-0.15, -0.1) is 0 Å². The molecule has 0 spiro atoms. The first-order chi connectivity index (χ1) is 11.7. The van der Waals surface area contributed by atoms with E-state index < -0.39 is 5.60 Å². The number of aliphatic hydroxyl groups is 1. The fraction of sp³-hybridized carbons (Fsp3) is 0.429. The van der Waals surface area contributed by atoms with Crippen molar-refractivity contribution < 1.29 is 5.11 Å². The first-order valence-electron chi connectivity index (χ1n) is 9.09. The van der Waals surface area contributed by atoms with Gasteiger partial charge in [0.1, 0.15) is 5.60 Å². The Labute approximate surface area is 144 Å². The van der Waals surface area contributed by atoms with E-state index in [0.717, 1.165) is 44.3 Å². The fourth-order valence-corrected chi connectivity index (χ4v) is 4.15. The highest BCUT2D eigenvalue weighted by Gasteiger charge is 2.36. The van der Waals surface area contributed by atoms with Crippen LogP contribution < -0.4 is 10.2 Å². The van der Waals surface area contributed by atoms with Crippen LogP contribution in [0, 0.1) is 0 Å². The molecule has 1 fully saturated rings. The van der Waals surface area contributed by atoms with Crippen LogP contribution in [0.1, 0.15) is 30.4 Å². The Morgan fingerprint density at radius 2 is 1.71 bits per heavy atom. The summed E-state index contributed by atoms with van der Waals surface area (Å²) in [5.74, 6) is 0. The number of nitrogens with zero attached hydrogens (tertiary/aromatic N) is 1. The van der Waals surface area contributed by atoms with Crippen molar-refractivity contribution in [1.82, 2.24) is 5.32 Å². The minimum atomic E-state index is -0.687. The molecule has 3 nitrogen and oxygen atoms in total. The number of hydrogen-bond donors (Lipinski definition) is 2. The zero-order valence-corrected chi connectivity index (χ0v) is 14.1. The summed E-state index contributed by atoms with van der Waals surface area (Å²) in [5, 5.41) is 14.7. The maximum atomic E-state index is 11.0. The Bertz CT molecular complexity index is 679. The first-order valence-corrected chi connectivity index (χ1v) is 9.09. The van der Waals surface area contributed by atoms with E-state index in [-0.39, 0.29) is 0 Å². The molecule has 2 aliphatic rings. The van der Waals surface area contributed by atoms with E-state index in [4.69, 9.17) is 0 Å². The summed E-state index contributed by atoms with van der Waals surface area (Å²) in [6, 6.07) is 19.5. The van der Waals surface area contributed by atoms with Gasteiger partial charge in [-0.05, 0) is 48.9 Å². The van der Waals surface area contributed by atoms with Crippen molar-refractivity contribution in [3.05, 3.63) is 65.7 Å². The molecule has 1 saturated heterocycles. The summed E-state index contributed by atoms with van der Waals surface area (Å²) in [4.78, 5) is 2.46. The maximum Gasteiger partial charge on any atom is 0.103 e. The largest absolute Gasteiger partial charge is 0.384 e. The van der Waals surface area contributed by atoms with Crippen LogP contribution in [-0.2, 0) is 12.0 Å². The smallest absolute Gasteiger partial charge is 0.103 e. The van der Waals surface area contributed by atoms with E-state index in [9.17, 15) is 5.11 Å². The molecule has 1 heterocycles. The van der Waals surface area contributed by atoms with Crippen LogP contribution in [0.4, 0.5) is 5.69 Å².